The Morgan fingerprint density at radius 3 is 2.79 bits per heavy atom. The highest BCUT2D eigenvalue weighted by atomic mass is 19.1. The number of benzene rings is 1. The van der Waals surface area contributed by atoms with E-state index in [1.165, 1.54) is 6.07 Å². The molecule has 0 spiro atoms. The highest BCUT2D eigenvalue weighted by molar-refractivity contribution is 5.46. The van der Waals surface area contributed by atoms with Crippen LogP contribution in [0.4, 0.5) is 4.39 Å². The van der Waals surface area contributed by atoms with Crippen LogP contribution in [0.15, 0.2) is 12.1 Å². The molecule has 0 fully saturated rings. The van der Waals surface area contributed by atoms with E-state index in [1.54, 1.807) is 6.07 Å². The molecule has 2 unspecified atom stereocenters. The molecule has 0 aromatic heterocycles. The van der Waals surface area contributed by atoms with E-state index in [4.69, 9.17) is 4.74 Å². The average molecular weight is 196 g/mol. The van der Waals surface area contributed by atoms with E-state index < -0.39 is 6.10 Å². The Morgan fingerprint density at radius 2 is 2.21 bits per heavy atom. The Kier molecular flexibility index (Phi) is 2.19. The lowest BCUT2D eigenvalue weighted by Crippen LogP contribution is -2.17. The van der Waals surface area contributed by atoms with E-state index in [0.717, 1.165) is 5.56 Å². The summed E-state index contributed by atoms with van der Waals surface area (Å²) < 4.78 is 18.9. The van der Waals surface area contributed by atoms with Gasteiger partial charge in [0.2, 0.25) is 0 Å². The highest BCUT2D eigenvalue weighted by Gasteiger charge is 2.35. The van der Waals surface area contributed by atoms with Gasteiger partial charge in [0.15, 0.2) is 0 Å². The molecule has 2 nitrogen and oxygen atoms in total. The normalized spacial score (nSPS) is 24.6. The summed E-state index contributed by atoms with van der Waals surface area (Å²) in [5.41, 5.74) is 1.19. The van der Waals surface area contributed by atoms with E-state index in [9.17, 15) is 9.50 Å². The molecule has 1 N–H and O–H groups in total. The summed E-state index contributed by atoms with van der Waals surface area (Å²) in [7, 11) is 0. The molecule has 3 heteroatoms. The summed E-state index contributed by atoms with van der Waals surface area (Å²) >= 11 is 0. The quantitative estimate of drug-likeness (QED) is 0.747. The SMILES string of the molecule is CCC1Oc2c(C)ccc(F)c2C1O. The molecular weight excluding hydrogens is 183 g/mol. The van der Waals surface area contributed by atoms with Crippen LogP contribution in [-0.4, -0.2) is 11.2 Å². The van der Waals surface area contributed by atoms with Crippen LogP contribution in [0, 0.1) is 12.7 Å². The van der Waals surface area contributed by atoms with Crippen molar-refractivity contribution < 1.29 is 14.2 Å². The fourth-order valence-electron chi connectivity index (χ4n) is 1.82. The van der Waals surface area contributed by atoms with Crippen LogP contribution in [0.1, 0.15) is 30.6 Å². The van der Waals surface area contributed by atoms with Crippen LogP contribution in [-0.2, 0) is 0 Å². The molecule has 1 heterocycles. The van der Waals surface area contributed by atoms with Crippen LogP contribution in [0.2, 0.25) is 0 Å². The monoisotopic (exact) mass is 196 g/mol. The van der Waals surface area contributed by atoms with Gasteiger partial charge in [0.1, 0.15) is 23.8 Å². The summed E-state index contributed by atoms with van der Waals surface area (Å²) in [4.78, 5) is 0. The van der Waals surface area contributed by atoms with E-state index in [-0.39, 0.29) is 11.9 Å². The smallest absolute Gasteiger partial charge is 0.132 e. The third-order valence-electron chi connectivity index (χ3n) is 2.66. The number of hydrogen-bond donors (Lipinski definition) is 1. The van der Waals surface area contributed by atoms with Crippen LogP contribution in [0.3, 0.4) is 0 Å². The predicted molar refractivity (Wildman–Crippen MR) is 50.8 cm³/mol. The van der Waals surface area contributed by atoms with Crippen molar-refractivity contribution in [2.24, 2.45) is 0 Å². The van der Waals surface area contributed by atoms with Gasteiger partial charge in [0, 0.05) is 0 Å². The molecule has 14 heavy (non-hydrogen) atoms. The molecule has 0 saturated carbocycles. The standard InChI is InChI=1S/C11H13FO2/c1-3-8-10(13)9-7(12)5-4-6(2)11(9)14-8/h4-5,8,10,13H,3H2,1-2H3. The second kappa shape index (κ2) is 3.24. The van der Waals surface area contributed by atoms with Crippen LogP contribution < -0.4 is 4.74 Å². The van der Waals surface area contributed by atoms with Gasteiger partial charge in [-0.05, 0) is 25.0 Å². The number of aliphatic hydroxyl groups excluding tert-OH is 1. The zero-order chi connectivity index (χ0) is 10.3. The van der Waals surface area contributed by atoms with E-state index in [1.807, 2.05) is 13.8 Å². The van der Waals surface area contributed by atoms with Crippen molar-refractivity contribution in [2.45, 2.75) is 32.5 Å². The summed E-state index contributed by atoms with van der Waals surface area (Å²) in [5.74, 6) is 0.137. The highest BCUT2D eigenvalue weighted by Crippen LogP contribution is 2.41. The van der Waals surface area contributed by atoms with E-state index in [2.05, 4.69) is 0 Å². The van der Waals surface area contributed by atoms with Crippen molar-refractivity contribution in [2.75, 3.05) is 0 Å². The lowest BCUT2D eigenvalue weighted by Gasteiger charge is -2.11. The molecule has 0 amide bonds. The maximum absolute atomic E-state index is 13.4. The molecule has 0 radical (unpaired) electrons. The minimum Gasteiger partial charge on any atom is -0.487 e. The predicted octanol–water partition coefficient (Wildman–Crippen LogP) is 2.34. The van der Waals surface area contributed by atoms with Crippen molar-refractivity contribution in [1.29, 1.82) is 0 Å². The largest absolute Gasteiger partial charge is 0.487 e. The number of hydrogen-bond acceptors (Lipinski definition) is 2. The van der Waals surface area contributed by atoms with Crippen molar-refractivity contribution in [3.8, 4) is 5.75 Å². The van der Waals surface area contributed by atoms with Crippen molar-refractivity contribution in [3.05, 3.63) is 29.1 Å². The Labute approximate surface area is 82.3 Å². The fourth-order valence-corrected chi connectivity index (χ4v) is 1.82. The molecule has 1 aliphatic rings. The Bertz CT molecular complexity index is 363. The fraction of sp³-hybridized carbons (Fsp3) is 0.455. The Morgan fingerprint density at radius 1 is 1.50 bits per heavy atom. The summed E-state index contributed by atoms with van der Waals surface area (Å²) in [6, 6.07) is 3.04. The molecule has 1 aromatic rings. The van der Waals surface area contributed by atoms with Crippen molar-refractivity contribution in [3.63, 3.8) is 0 Å². The lowest BCUT2D eigenvalue weighted by molar-refractivity contribution is 0.0638. The number of halogens is 1. The second-order valence-electron chi connectivity index (χ2n) is 3.62. The Hall–Kier alpha value is -1.09. The molecule has 0 aliphatic carbocycles. The van der Waals surface area contributed by atoms with Gasteiger partial charge < -0.3 is 9.84 Å². The molecule has 1 aromatic carbocycles. The maximum Gasteiger partial charge on any atom is 0.132 e. The first-order chi connectivity index (χ1) is 6.65. The molecule has 2 rings (SSSR count). The summed E-state index contributed by atoms with van der Waals surface area (Å²) in [5, 5.41) is 9.78. The number of rotatable bonds is 1. The van der Waals surface area contributed by atoms with Crippen LogP contribution >= 0.6 is 0 Å². The molecule has 0 saturated heterocycles. The average Bonchev–Trinajstić information content (AvgIpc) is 2.51. The summed E-state index contributed by atoms with van der Waals surface area (Å²) in [6.45, 7) is 3.76. The van der Waals surface area contributed by atoms with Gasteiger partial charge >= 0.3 is 0 Å². The zero-order valence-corrected chi connectivity index (χ0v) is 8.25. The number of aryl methyl sites for hydroxylation is 1. The van der Waals surface area contributed by atoms with Gasteiger partial charge in [0.25, 0.3) is 0 Å². The second-order valence-corrected chi connectivity index (χ2v) is 3.62. The van der Waals surface area contributed by atoms with Crippen LogP contribution in [0.25, 0.3) is 0 Å². The van der Waals surface area contributed by atoms with Gasteiger partial charge in [0.05, 0.1) is 5.56 Å². The molecule has 2 atom stereocenters. The van der Waals surface area contributed by atoms with Gasteiger partial charge in [-0.25, -0.2) is 4.39 Å². The molecular formula is C11H13FO2. The van der Waals surface area contributed by atoms with Gasteiger partial charge in [-0.1, -0.05) is 13.0 Å². The molecule has 76 valence electrons. The number of fused-ring (bicyclic) bond motifs is 1. The zero-order valence-electron chi connectivity index (χ0n) is 8.25. The Balaban J connectivity index is 2.52. The van der Waals surface area contributed by atoms with Gasteiger partial charge in [-0.15, -0.1) is 0 Å². The molecule has 1 aliphatic heterocycles. The lowest BCUT2D eigenvalue weighted by atomic mass is 10.0. The minimum atomic E-state index is -0.824. The summed E-state index contributed by atoms with van der Waals surface area (Å²) in [6.07, 6.45) is -0.454. The number of ether oxygens (including phenoxy) is 1. The minimum absolute atomic E-state index is 0.305. The van der Waals surface area contributed by atoms with E-state index in [0.29, 0.717) is 17.7 Å². The first kappa shape index (κ1) is 9.46. The van der Waals surface area contributed by atoms with Crippen LogP contribution in [0.5, 0.6) is 5.75 Å². The van der Waals surface area contributed by atoms with Crippen molar-refractivity contribution in [1.82, 2.24) is 0 Å². The van der Waals surface area contributed by atoms with Gasteiger partial charge in [-0.3, -0.25) is 0 Å². The third kappa shape index (κ3) is 1.20. The maximum atomic E-state index is 13.4. The third-order valence-corrected chi connectivity index (χ3v) is 2.66. The topological polar surface area (TPSA) is 29.5 Å². The molecule has 0 bridgehead atoms. The first-order valence-corrected chi connectivity index (χ1v) is 4.79. The first-order valence-electron chi connectivity index (χ1n) is 4.79. The number of aliphatic hydroxyl groups is 1. The van der Waals surface area contributed by atoms with E-state index >= 15 is 0 Å². The van der Waals surface area contributed by atoms with Gasteiger partial charge in [-0.2, -0.15) is 0 Å². The van der Waals surface area contributed by atoms with Crippen molar-refractivity contribution >= 4 is 0 Å².